The van der Waals surface area contributed by atoms with E-state index in [1.54, 1.807) is 18.2 Å². The molecule has 2 aliphatic heterocycles. The van der Waals surface area contributed by atoms with E-state index in [0.717, 1.165) is 18.4 Å². The molecule has 0 unspecified atom stereocenters. The average Bonchev–Trinajstić information content (AvgIpc) is 2.74. The van der Waals surface area contributed by atoms with Crippen molar-refractivity contribution < 1.29 is 18.0 Å². The molecule has 158 valence electrons. The number of piperidine rings is 1. The summed E-state index contributed by atoms with van der Waals surface area (Å²) in [5.74, 6) is -0.0673. The highest BCUT2D eigenvalue weighted by Crippen LogP contribution is 2.29. The number of amides is 2. The number of aryl methyl sites for hydroxylation is 1. The first kappa shape index (κ1) is 20.3. The molecule has 1 aromatic rings. The van der Waals surface area contributed by atoms with Crippen molar-refractivity contribution in [2.75, 3.05) is 18.4 Å². The van der Waals surface area contributed by atoms with E-state index in [2.05, 4.69) is 10.6 Å². The summed E-state index contributed by atoms with van der Waals surface area (Å²) in [6.45, 7) is 0.720. The second-order valence-electron chi connectivity index (χ2n) is 8.39. The number of nitrogens with zero attached hydrogens (tertiary/aromatic N) is 1. The molecule has 1 aromatic carbocycles. The van der Waals surface area contributed by atoms with Crippen LogP contribution >= 0.6 is 0 Å². The Labute approximate surface area is 172 Å². The first-order valence-electron chi connectivity index (χ1n) is 10.7. The zero-order valence-corrected chi connectivity index (χ0v) is 17.5. The maximum atomic E-state index is 13.1. The van der Waals surface area contributed by atoms with Gasteiger partial charge in [-0.15, -0.1) is 0 Å². The van der Waals surface area contributed by atoms with Crippen molar-refractivity contribution in [2.45, 2.75) is 68.7 Å². The molecule has 0 aromatic heterocycles. The molecule has 0 atom stereocenters. The van der Waals surface area contributed by atoms with Crippen molar-refractivity contribution in [3.05, 3.63) is 23.8 Å². The second-order valence-corrected chi connectivity index (χ2v) is 10.3. The highest BCUT2D eigenvalue weighted by Gasteiger charge is 2.33. The van der Waals surface area contributed by atoms with Crippen LogP contribution in [0, 0.1) is 5.92 Å². The first-order valence-corrected chi connectivity index (χ1v) is 12.1. The predicted molar refractivity (Wildman–Crippen MR) is 110 cm³/mol. The normalized spacial score (nSPS) is 22.0. The summed E-state index contributed by atoms with van der Waals surface area (Å²) in [5, 5.41) is 5.95. The molecule has 0 spiro atoms. The zero-order valence-electron chi connectivity index (χ0n) is 16.7. The number of nitrogens with one attached hydrogen (secondary N) is 2. The largest absolute Gasteiger partial charge is 0.353 e. The van der Waals surface area contributed by atoms with E-state index in [0.29, 0.717) is 44.5 Å². The number of carbonyl (C=O) groups is 2. The summed E-state index contributed by atoms with van der Waals surface area (Å²) in [6, 6.07) is 5.19. The average molecular weight is 420 g/mol. The van der Waals surface area contributed by atoms with Crippen LogP contribution < -0.4 is 10.6 Å². The lowest BCUT2D eigenvalue weighted by atomic mass is 9.93. The fraction of sp³-hybridized carbons (Fsp3) is 0.619. The monoisotopic (exact) mass is 419 g/mol. The van der Waals surface area contributed by atoms with Crippen molar-refractivity contribution in [3.8, 4) is 0 Å². The van der Waals surface area contributed by atoms with Gasteiger partial charge in [0, 0.05) is 37.2 Å². The van der Waals surface area contributed by atoms with Crippen molar-refractivity contribution >= 4 is 27.5 Å². The van der Waals surface area contributed by atoms with Crippen LogP contribution in [0.4, 0.5) is 5.69 Å². The maximum Gasteiger partial charge on any atom is 0.243 e. The fourth-order valence-electron chi connectivity index (χ4n) is 4.59. The standard InChI is InChI=1S/C21H29N3O4S/c25-20-9-6-16-14-18(7-8-19(16)23-20)29(27,28)24-12-10-15(11-13-24)21(26)22-17-4-2-1-3-5-17/h7-8,14-15,17H,1-6,9-13H2,(H,22,26)(H,23,25). The van der Waals surface area contributed by atoms with Crippen molar-refractivity contribution in [3.63, 3.8) is 0 Å². The zero-order chi connectivity index (χ0) is 20.4. The summed E-state index contributed by atoms with van der Waals surface area (Å²) >= 11 is 0. The van der Waals surface area contributed by atoms with Crippen molar-refractivity contribution in [1.29, 1.82) is 0 Å². The lowest BCUT2D eigenvalue weighted by Crippen LogP contribution is -2.45. The molecule has 1 saturated heterocycles. The van der Waals surface area contributed by atoms with Crippen LogP contribution in [0.1, 0.15) is 56.9 Å². The van der Waals surface area contributed by atoms with Crippen molar-refractivity contribution in [2.24, 2.45) is 5.92 Å². The predicted octanol–water partition coefficient (Wildman–Crippen LogP) is 2.42. The summed E-state index contributed by atoms with van der Waals surface area (Å²) in [7, 11) is -3.60. The van der Waals surface area contributed by atoms with Gasteiger partial charge >= 0.3 is 0 Å². The Hall–Kier alpha value is -1.93. The third-order valence-corrected chi connectivity index (χ3v) is 8.28. The smallest absolute Gasteiger partial charge is 0.243 e. The van der Waals surface area contributed by atoms with E-state index >= 15 is 0 Å². The quantitative estimate of drug-likeness (QED) is 0.783. The minimum Gasteiger partial charge on any atom is -0.353 e. The lowest BCUT2D eigenvalue weighted by molar-refractivity contribution is -0.127. The minimum atomic E-state index is -3.60. The van der Waals surface area contributed by atoms with Gasteiger partial charge in [0.1, 0.15) is 0 Å². The van der Waals surface area contributed by atoms with E-state index in [1.807, 2.05) is 0 Å². The van der Waals surface area contributed by atoms with E-state index in [4.69, 9.17) is 0 Å². The van der Waals surface area contributed by atoms with Gasteiger partial charge < -0.3 is 10.6 Å². The molecule has 8 heteroatoms. The Bertz CT molecular complexity index is 885. The van der Waals surface area contributed by atoms with Crippen LogP contribution in [0.2, 0.25) is 0 Å². The number of carbonyl (C=O) groups excluding carboxylic acids is 2. The van der Waals surface area contributed by atoms with Crippen LogP contribution in [-0.2, 0) is 26.0 Å². The highest BCUT2D eigenvalue weighted by molar-refractivity contribution is 7.89. The molecular formula is C21H29N3O4S. The van der Waals surface area contributed by atoms with Gasteiger partial charge in [0.05, 0.1) is 4.90 Å². The molecule has 2 amide bonds. The third kappa shape index (κ3) is 4.48. The Morgan fingerprint density at radius 3 is 2.48 bits per heavy atom. The minimum absolute atomic E-state index is 0.0401. The molecule has 2 N–H and O–H groups in total. The van der Waals surface area contributed by atoms with Gasteiger partial charge in [0.15, 0.2) is 0 Å². The number of sulfonamides is 1. The molecule has 0 radical (unpaired) electrons. The first-order chi connectivity index (χ1) is 13.9. The molecule has 2 fully saturated rings. The number of fused-ring (bicyclic) bond motifs is 1. The molecule has 29 heavy (non-hydrogen) atoms. The number of hydrogen-bond donors (Lipinski definition) is 2. The van der Waals surface area contributed by atoms with Gasteiger partial charge in [-0.2, -0.15) is 4.31 Å². The molecule has 2 heterocycles. The molecule has 0 bridgehead atoms. The molecule has 3 aliphatic rings. The molecule has 7 nitrogen and oxygen atoms in total. The van der Waals surface area contributed by atoms with Gasteiger partial charge in [0.25, 0.3) is 0 Å². The van der Waals surface area contributed by atoms with Gasteiger partial charge in [-0.05, 0) is 55.9 Å². The lowest BCUT2D eigenvalue weighted by Gasteiger charge is -2.32. The van der Waals surface area contributed by atoms with Gasteiger partial charge in [-0.3, -0.25) is 9.59 Å². The Morgan fingerprint density at radius 2 is 1.76 bits per heavy atom. The summed E-state index contributed by atoms with van der Waals surface area (Å²) in [5.41, 5.74) is 1.55. The topological polar surface area (TPSA) is 95.6 Å². The van der Waals surface area contributed by atoms with Crippen LogP contribution in [0.3, 0.4) is 0 Å². The van der Waals surface area contributed by atoms with Gasteiger partial charge in [0.2, 0.25) is 21.8 Å². The summed E-state index contributed by atoms with van der Waals surface area (Å²) in [6.07, 6.45) is 7.73. The molecular weight excluding hydrogens is 390 g/mol. The Balaban J connectivity index is 1.37. The van der Waals surface area contributed by atoms with Crippen LogP contribution in [0.25, 0.3) is 0 Å². The number of benzene rings is 1. The van der Waals surface area contributed by atoms with Crippen molar-refractivity contribution in [1.82, 2.24) is 9.62 Å². The highest BCUT2D eigenvalue weighted by atomic mass is 32.2. The molecule has 4 rings (SSSR count). The number of hydrogen-bond acceptors (Lipinski definition) is 4. The third-order valence-electron chi connectivity index (χ3n) is 6.39. The molecule has 1 saturated carbocycles. The SMILES string of the molecule is O=C1CCc2cc(S(=O)(=O)N3CCC(C(=O)NC4CCCCC4)CC3)ccc2N1. The molecule has 1 aliphatic carbocycles. The second kappa shape index (κ2) is 8.44. The number of rotatable bonds is 4. The Morgan fingerprint density at radius 1 is 1.03 bits per heavy atom. The van der Waals surface area contributed by atoms with E-state index < -0.39 is 10.0 Å². The summed E-state index contributed by atoms with van der Waals surface area (Å²) < 4.78 is 27.6. The van der Waals surface area contributed by atoms with Gasteiger partial charge in [-0.25, -0.2) is 8.42 Å². The number of anilines is 1. The van der Waals surface area contributed by atoms with E-state index in [-0.39, 0.29) is 28.7 Å². The Kier molecular flexibility index (Phi) is 5.92. The fourth-order valence-corrected chi connectivity index (χ4v) is 6.11. The maximum absolute atomic E-state index is 13.1. The van der Waals surface area contributed by atoms with E-state index in [1.165, 1.54) is 23.6 Å². The van der Waals surface area contributed by atoms with Crippen LogP contribution in [0.15, 0.2) is 23.1 Å². The van der Waals surface area contributed by atoms with E-state index in [9.17, 15) is 18.0 Å². The van der Waals surface area contributed by atoms with Crippen LogP contribution in [-0.4, -0.2) is 43.7 Å². The summed E-state index contributed by atoms with van der Waals surface area (Å²) in [4.78, 5) is 24.3. The van der Waals surface area contributed by atoms with Crippen LogP contribution in [0.5, 0.6) is 0 Å². The van der Waals surface area contributed by atoms with Gasteiger partial charge in [-0.1, -0.05) is 19.3 Å².